The lowest BCUT2D eigenvalue weighted by molar-refractivity contribution is -0.122. The van der Waals surface area contributed by atoms with E-state index in [2.05, 4.69) is 15.6 Å². The summed E-state index contributed by atoms with van der Waals surface area (Å²) in [4.78, 5) is 16.1. The Morgan fingerprint density at radius 2 is 2.12 bits per heavy atom. The Labute approximate surface area is 154 Å². The van der Waals surface area contributed by atoms with Crippen LogP contribution in [0, 0.1) is 0 Å². The number of aromatic nitrogens is 2. The first-order valence-corrected chi connectivity index (χ1v) is 8.41. The van der Waals surface area contributed by atoms with Gasteiger partial charge >= 0.3 is 0 Å². The first-order valence-electron chi connectivity index (χ1n) is 8.41. The number of nitrogens with zero attached hydrogens (tertiary/aromatic N) is 2. The highest BCUT2D eigenvalue weighted by Crippen LogP contribution is 2.14. The Balaban J connectivity index is 0.00000225. The molecule has 0 saturated carbocycles. The number of carbonyl (C=O) groups is 1. The first kappa shape index (κ1) is 19.3. The number of halogens is 1. The van der Waals surface area contributed by atoms with Crippen LogP contribution >= 0.6 is 12.4 Å². The predicted octanol–water partition coefficient (Wildman–Crippen LogP) is 2.18. The van der Waals surface area contributed by atoms with Crippen LogP contribution in [0.3, 0.4) is 0 Å². The zero-order chi connectivity index (χ0) is 16.8. The molecule has 2 heterocycles. The van der Waals surface area contributed by atoms with E-state index < -0.39 is 0 Å². The summed E-state index contributed by atoms with van der Waals surface area (Å²) in [5.74, 6) is 1.82. The molecule has 0 spiro atoms. The van der Waals surface area contributed by atoms with Gasteiger partial charge in [0.1, 0.15) is 18.2 Å². The maximum atomic E-state index is 11.9. The average molecular weight is 365 g/mol. The number of aryl methyl sites for hydroxylation is 1. The normalized spacial score (nSPS) is 17.3. The SMILES string of the molecule is Cl.Cn1ccnc1COc1ccc(CNC2CCCCNC2=O)cc1. The molecule has 1 atom stereocenters. The third kappa shape index (κ3) is 5.47. The molecule has 7 heteroatoms. The third-order valence-electron chi connectivity index (χ3n) is 4.30. The Hall–Kier alpha value is -2.05. The number of benzene rings is 1. The Bertz CT molecular complexity index is 672. The molecule has 1 unspecified atom stereocenters. The van der Waals surface area contributed by atoms with E-state index in [4.69, 9.17) is 4.74 Å². The van der Waals surface area contributed by atoms with Gasteiger partial charge in [-0.25, -0.2) is 4.98 Å². The molecule has 25 heavy (non-hydrogen) atoms. The highest BCUT2D eigenvalue weighted by atomic mass is 35.5. The van der Waals surface area contributed by atoms with Crippen LogP contribution in [0.4, 0.5) is 0 Å². The number of ether oxygens (including phenoxy) is 1. The van der Waals surface area contributed by atoms with Gasteiger partial charge in [-0.1, -0.05) is 12.1 Å². The van der Waals surface area contributed by atoms with E-state index >= 15 is 0 Å². The molecule has 136 valence electrons. The molecule has 3 rings (SSSR count). The summed E-state index contributed by atoms with van der Waals surface area (Å²) >= 11 is 0. The number of amides is 1. The third-order valence-corrected chi connectivity index (χ3v) is 4.30. The van der Waals surface area contributed by atoms with Crippen molar-refractivity contribution in [3.05, 3.63) is 48.0 Å². The van der Waals surface area contributed by atoms with Gasteiger partial charge in [-0.2, -0.15) is 0 Å². The van der Waals surface area contributed by atoms with Crippen LogP contribution in [0.5, 0.6) is 5.75 Å². The standard InChI is InChI=1S/C18H24N4O2.ClH/c1-22-11-10-19-17(22)13-24-15-7-5-14(6-8-15)12-21-16-4-2-3-9-20-18(16)23;/h5-8,10-11,16,21H,2-4,9,12-13H2,1H3,(H,20,23);1H. The summed E-state index contributed by atoms with van der Waals surface area (Å²) in [6.45, 7) is 1.92. The van der Waals surface area contributed by atoms with Crippen molar-refractivity contribution in [2.75, 3.05) is 6.54 Å². The van der Waals surface area contributed by atoms with E-state index in [0.29, 0.717) is 13.2 Å². The molecule has 0 radical (unpaired) electrons. The van der Waals surface area contributed by atoms with E-state index in [1.165, 1.54) is 0 Å². The minimum Gasteiger partial charge on any atom is -0.486 e. The monoisotopic (exact) mass is 364 g/mol. The van der Waals surface area contributed by atoms with Crippen LogP contribution in [0.15, 0.2) is 36.7 Å². The quantitative estimate of drug-likeness (QED) is 0.824. The average Bonchev–Trinajstić information content (AvgIpc) is 2.89. The van der Waals surface area contributed by atoms with Crippen LogP contribution < -0.4 is 15.4 Å². The lowest BCUT2D eigenvalue weighted by Gasteiger charge is -2.15. The summed E-state index contributed by atoms with van der Waals surface area (Å²) < 4.78 is 7.69. The second-order valence-electron chi connectivity index (χ2n) is 6.11. The molecule has 1 aliphatic heterocycles. The number of rotatable bonds is 6. The largest absolute Gasteiger partial charge is 0.486 e. The second-order valence-corrected chi connectivity index (χ2v) is 6.11. The van der Waals surface area contributed by atoms with Gasteiger partial charge in [0, 0.05) is 32.5 Å². The molecule has 0 aliphatic carbocycles. The summed E-state index contributed by atoms with van der Waals surface area (Å²) in [5.41, 5.74) is 1.14. The van der Waals surface area contributed by atoms with Crippen molar-refractivity contribution >= 4 is 18.3 Å². The van der Waals surface area contributed by atoms with Gasteiger partial charge < -0.3 is 19.9 Å². The molecule has 1 aliphatic rings. The van der Waals surface area contributed by atoms with Gasteiger partial charge in [0.05, 0.1) is 6.04 Å². The second kappa shape index (κ2) is 9.44. The van der Waals surface area contributed by atoms with Crippen molar-refractivity contribution in [1.82, 2.24) is 20.2 Å². The van der Waals surface area contributed by atoms with E-state index in [9.17, 15) is 4.79 Å². The van der Waals surface area contributed by atoms with E-state index in [1.807, 2.05) is 42.1 Å². The van der Waals surface area contributed by atoms with Crippen LogP contribution in [0.1, 0.15) is 30.7 Å². The maximum absolute atomic E-state index is 11.9. The van der Waals surface area contributed by atoms with Gasteiger partial charge in [-0.15, -0.1) is 12.4 Å². The molecule has 0 bridgehead atoms. The maximum Gasteiger partial charge on any atom is 0.237 e. The molecule has 1 saturated heterocycles. The first-order chi connectivity index (χ1) is 11.7. The minimum absolute atomic E-state index is 0. The van der Waals surface area contributed by atoms with Crippen molar-refractivity contribution < 1.29 is 9.53 Å². The summed E-state index contributed by atoms with van der Waals surface area (Å²) in [6, 6.07) is 7.86. The van der Waals surface area contributed by atoms with E-state index in [-0.39, 0.29) is 24.4 Å². The molecular weight excluding hydrogens is 340 g/mol. The highest BCUT2D eigenvalue weighted by molar-refractivity contribution is 5.85. The fourth-order valence-corrected chi connectivity index (χ4v) is 2.76. The summed E-state index contributed by atoms with van der Waals surface area (Å²) in [5, 5.41) is 6.29. The summed E-state index contributed by atoms with van der Waals surface area (Å²) in [7, 11) is 1.95. The van der Waals surface area contributed by atoms with Gasteiger partial charge in [0.25, 0.3) is 0 Å². The lowest BCUT2D eigenvalue weighted by Crippen LogP contribution is -2.42. The summed E-state index contributed by atoms with van der Waals surface area (Å²) in [6.07, 6.45) is 6.70. The van der Waals surface area contributed by atoms with Gasteiger partial charge in [0.15, 0.2) is 0 Å². The van der Waals surface area contributed by atoms with Gasteiger partial charge in [0.2, 0.25) is 5.91 Å². The molecule has 1 amide bonds. The van der Waals surface area contributed by atoms with Crippen molar-refractivity contribution in [3.63, 3.8) is 0 Å². The van der Waals surface area contributed by atoms with Crippen molar-refractivity contribution in [1.29, 1.82) is 0 Å². The topological polar surface area (TPSA) is 68.2 Å². The molecule has 2 aromatic rings. The molecule has 6 nitrogen and oxygen atoms in total. The Morgan fingerprint density at radius 3 is 2.84 bits per heavy atom. The van der Waals surface area contributed by atoms with Crippen LogP contribution in [0.25, 0.3) is 0 Å². The zero-order valence-corrected chi connectivity index (χ0v) is 15.2. The number of carbonyl (C=O) groups excluding carboxylic acids is 1. The molecule has 1 aromatic heterocycles. The van der Waals surface area contributed by atoms with E-state index in [1.54, 1.807) is 6.20 Å². The van der Waals surface area contributed by atoms with Crippen LogP contribution in [0.2, 0.25) is 0 Å². The predicted molar refractivity (Wildman–Crippen MR) is 98.7 cm³/mol. The molecule has 2 N–H and O–H groups in total. The van der Waals surface area contributed by atoms with Crippen molar-refractivity contribution in [2.24, 2.45) is 7.05 Å². The molecule has 1 fully saturated rings. The number of nitrogens with one attached hydrogen (secondary N) is 2. The fourth-order valence-electron chi connectivity index (χ4n) is 2.76. The van der Waals surface area contributed by atoms with Gasteiger partial charge in [-0.05, 0) is 37.0 Å². The fraction of sp³-hybridized carbons (Fsp3) is 0.444. The van der Waals surface area contributed by atoms with Crippen molar-refractivity contribution in [2.45, 2.75) is 38.5 Å². The number of hydrogen-bond donors (Lipinski definition) is 2. The van der Waals surface area contributed by atoms with Crippen LogP contribution in [-0.2, 0) is 25.0 Å². The zero-order valence-electron chi connectivity index (χ0n) is 14.4. The number of imidazole rings is 1. The van der Waals surface area contributed by atoms with Crippen LogP contribution in [-0.4, -0.2) is 28.0 Å². The van der Waals surface area contributed by atoms with Crippen molar-refractivity contribution in [3.8, 4) is 5.75 Å². The minimum atomic E-state index is -0.0909. The Morgan fingerprint density at radius 1 is 1.32 bits per heavy atom. The number of hydrogen-bond acceptors (Lipinski definition) is 4. The highest BCUT2D eigenvalue weighted by Gasteiger charge is 2.19. The Kier molecular flexibility index (Phi) is 7.28. The molecule has 1 aromatic carbocycles. The smallest absolute Gasteiger partial charge is 0.237 e. The molecular formula is C18H25ClN4O2. The van der Waals surface area contributed by atoms with E-state index in [0.717, 1.165) is 42.9 Å². The van der Waals surface area contributed by atoms with Gasteiger partial charge in [-0.3, -0.25) is 4.79 Å². The lowest BCUT2D eigenvalue weighted by atomic mass is 10.1.